The zero-order valence-corrected chi connectivity index (χ0v) is 16.1. The van der Waals surface area contributed by atoms with Crippen molar-refractivity contribution in [3.63, 3.8) is 0 Å². The predicted molar refractivity (Wildman–Crippen MR) is 97.0 cm³/mol. The Labute approximate surface area is 152 Å². The molecule has 0 heterocycles. The number of amides is 1. The minimum absolute atomic E-state index is 0.0641. The van der Waals surface area contributed by atoms with E-state index in [4.69, 9.17) is 0 Å². The first kappa shape index (κ1) is 23.4. The van der Waals surface area contributed by atoms with Crippen molar-refractivity contribution in [2.45, 2.75) is 90.0 Å². The topological polar surface area (TPSA) is 81.7 Å². The van der Waals surface area contributed by atoms with Crippen molar-refractivity contribution in [3.8, 4) is 0 Å². The molecule has 1 N–H and O–H groups in total. The van der Waals surface area contributed by atoms with E-state index in [1.165, 1.54) is 52.7 Å². The first-order valence-corrected chi connectivity index (χ1v) is 9.49. The third-order valence-electron chi connectivity index (χ3n) is 4.19. The number of hydrogen-bond acceptors (Lipinski definition) is 5. The summed E-state index contributed by atoms with van der Waals surface area (Å²) in [5.41, 5.74) is 0. The summed E-state index contributed by atoms with van der Waals surface area (Å²) < 4.78 is 9.22. The summed E-state index contributed by atoms with van der Waals surface area (Å²) in [6.07, 6.45) is 11.3. The third kappa shape index (κ3) is 13.4. The van der Waals surface area contributed by atoms with Gasteiger partial charge in [-0.05, 0) is 12.8 Å². The molecule has 0 rings (SSSR count). The van der Waals surface area contributed by atoms with E-state index in [0.29, 0.717) is 6.42 Å². The van der Waals surface area contributed by atoms with E-state index < -0.39 is 18.0 Å². The summed E-state index contributed by atoms with van der Waals surface area (Å²) in [7, 11) is 2.55. The Morgan fingerprint density at radius 2 is 1.36 bits per heavy atom. The summed E-state index contributed by atoms with van der Waals surface area (Å²) in [6.45, 7) is 2.21. The molecule has 0 radical (unpaired) electrons. The summed E-state index contributed by atoms with van der Waals surface area (Å²) in [6, 6.07) is -0.796. The molecule has 0 fully saturated rings. The molecule has 0 unspecified atom stereocenters. The molecule has 0 aliphatic carbocycles. The van der Waals surface area contributed by atoms with Crippen molar-refractivity contribution >= 4 is 17.8 Å². The summed E-state index contributed by atoms with van der Waals surface area (Å²) in [5, 5.41) is 2.65. The number of esters is 2. The van der Waals surface area contributed by atoms with Gasteiger partial charge in [0.05, 0.1) is 14.2 Å². The van der Waals surface area contributed by atoms with Crippen LogP contribution in [0.5, 0.6) is 0 Å². The molecule has 0 aliphatic heterocycles. The monoisotopic (exact) mass is 357 g/mol. The van der Waals surface area contributed by atoms with Gasteiger partial charge in [-0.1, -0.05) is 58.3 Å². The van der Waals surface area contributed by atoms with Gasteiger partial charge < -0.3 is 14.8 Å². The van der Waals surface area contributed by atoms with Gasteiger partial charge in [0.25, 0.3) is 0 Å². The highest BCUT2D eigenvalue weighted by atomic mass is 16.5. The molecule has 0 aromatic heterocycles. The van der Waals surface area contributed by atoms with E-state index >= 15 is 0 Å². The van der Waals surface area contributed by atoms with Gasteiger partial charge in [0, 0.05) is 12.8 Å². The largest absolute Gasteiger partial charge is 0.469 e. The van der Waals surface area contributed by atoms with Crippen LogP contribution in [0.4, 0.5) is 0 Å². The van der Waals surface area contributed by atoms with Gasteiger partial charge in [0.15, 0.2) is 0 Å². The van der Waals surface area contributed by atoms with Crippen molar-refractivity contribution in [2.24, 2.45) is 0 Å². The summed E-state index contributed by atoms with van der Waals surface area (Å²) >= 11 is 0. The van der Waals surface area contributed by atoms with Crippen LogP contribution in [0.2, 0.25) is 0 Å². The lowest BCUT2D eigenvalue weighted by atomic mass is 10.1. The van der Waals surface area contributed by atoms with Crippen LogP contribution in [0.1, 0.15) is 84.0 Å². The van der Waals surface area contributed by atoms with Crippen molar-refractivity contribution in [2.75, 3.05) is 14.2 Å². The molecule has 6 heteroatoms. The molecule has 1 atom stereocenters. The average Bonchev–Trinajstić information content (AvgIpc) is 2.62. The molecule has 0 bridgehead atoms. The highest BCUT2D eigenvalue weighted by molar-refractivity contribution is 5.84. The Hall–Kier alpha value is -1.59. The van der Waals surface area contributed by atoms with E-state index in [1.807, 2.05) is 0 Å². The van der Waals surface area contributed by atoms with Crippen LogP contribution < -0.4 is 5.32 Å². The van der Waals surface area contributed by atoms with Crippen molar-refractivity contribution < 1.29 is 23.9 Å². The van der Waals surface area contributed by atoms with Crippen molar-refractivity contribution in [1.29, 1.82) is 0 Å². The highest BCUT2D eigenvalue weighted by Gasteiger charge is 2.22. The Bertz CT molecular complexity index is 384. The second-order valence-electron chi connectivity index (χ2n) is 6.34. The second kappa shape index (κ2) is 15.9. The molecular formula is C19H35NO5. The maximum Gasteiger partial charge on any atom is 0.328 e. The number of methoxy groups -OCH3 is 2. The predicted octanol–water partition coefficient (Wildman–Crippen LogP) is 3.52. The maximum atomic E-state index is 12.0. The van der Waals surface area contributed by atoms with Crippen LogP contribution in [0, 0.1) is 0 Å². The Kier molecular flexibility index (Phi) is 14.9. The molecule has 6 nitrogen and oxygen atoms in total. The maximum absolute atomic E-state index is 12.0. The molecule has 0 spiro atoms. The van der Waals surface area contributed by atoms with Gasteiger partial charge in [0.2, 0.25) is 5.91 Å². The average molecular weight is 357 g/mol. The number of carbonyl (C=O) groups is 3. The van der Waals surface area contributed by atoms with Gasteiger partial charge in [-0.15, -0.1) is 0 Å². The molecular weight excluding hydrogens is 322 g/mol. The number of ether oxygens (including phenoxy) is 2. The van der Waals surface area contributed by atoms with Gasteiger partial charge in [0.1, 0.15) is 6.04 Å². The van der Waals surface area contributed by atoms with Crippen molar-refractivity contribution in [3.05, 3.63) is 0 Å². The number of rotatable bonds is 15. The standard InChI is InChI=1S/C19H35NO5/c1-4-5-6-7-8-9-10-11-12-13-17(21)20-16(19(23)25-3)14-15-18(22)24-2/h16H,4-15H2,1-3H3,(H,20,21)/t16-/m1/s1. The lowest BCUT2D eigenvalue weighted by Gasteiger charge is -2.16. The second-order valence-corrected chi connectivity index (χ2v) is 6.34. The number of nitrogens with one attached hydrogen (secondary N) is 1. The van der Waals surface area contributed by atoms with Crippen LogP contribution in [-0.2, 0) is 23.9 Å². The van der Waals surface area contributed by atoms with Crippen molar-refractivity contribution in [1.82, 2.24) is 5.32 Å². The van der Waals surface area contributed by atoms with Gasteiger partial charge in [-0.3, -0.25) is 9.59 Å². The molecule has 0 saturated heterocycles. The number of unbranched alkanes of at least 4 members (excludes halogenated alkanes) is 8. The van der Waals surface area contributed by atoms with Crippen LogP contribution in [0.15, 0.2) is 0 Å². The van der Waals surface area contributed by atoms with E-state index in [9.17, 15) is 14.4 Å². The smallest absolute Gasteiger partial charge is 0.328 e. The molecule has 0 aliphatic rings. The quantitative estimate of drug-likeness (QED) is 0.358. The zero-order valence-electron chi connectivity index (χ0n) is 16.1. The highest BCUT2D eigenvalue weighted by Crippen LogP contribution is 2.10. The van der Waals surface area contributed by atoms with Gasteiger partial charge in [-0.2, -0.15) is 0 Å². The molecule has 146 valence electrons. The van der Waals surface area contributed by atoms with Crippen LogP contribution in [0.25, 0.3) is 0 Å². The summed E-state index contributed by atoms with van der Waals surface area (Å²) in [4.78, 5) is 34.8. The third-order valence-corrected chi connectivity index (χ3v) is 4.19. The molecule has 0 aromatic carbocycles. The van der Waals surface area contributed by atoms with Crippen LogP contribution in [0.3, 0.4) is 0 Å². The van der Waals surface area contributed by atoms with Crippen LogP contribution in [-0.4, -0.2) is 38.1 Å². The Morgan fingerprint density at radius 3 is 1.88 bits per heavy atom. The Morgan fingerprint density at radius 1 is 0.800 bits per heavy atom. The first-order chi connectivity index (χ1) is 12.0. The fourth-order valence-electron chi connectivity index (χ4n) is 2.62. The van der Waals surface area contributed by atoms with Gasteiger partial charge >= 0.3 is 11.9 Å². The normalized spacial score (nSPS) is 11.6. The Balaban J connectivity index is 3.87. The lowest BCUT2D eigenvalue weighted by molar-refractivity contribution is -0.146. The SMILES string of the molecule is CCCCCCCCCCCC(=O)N[C@H](CCC(=O)OC)C(=O)OC. The fourth-order valence-corrected chi connectivity index (χ4v) is 2.62. The van der Waals surface area contributed by atoms with E-state index in [1.54, 1.807) is 0 Å². The lowest BCUT2D eigenvalue weighted by Crippen LogP contribution is -2.41. The van der Waals surface area contributed by atoms with Crippen LogP contribution >= 0.6 is 0 Å². The minimum Gasteiger partial charge on any atom is -0.469 e. The molecule has 0 saturated carbocycles. The summed E-state index contributed by atoms with van der Waals surface area (Å²) in [5.74, 6) is -1.13. The number of carbonyl (C=O) groups excluding carboxylic acids is 3. The van der Waals surface area contributed by atoms with Gasteiger partial charge in [-0.25, -0.2) is 4.79 Å². The number of hydrogen-bond donors (Lipinski definition) is 1. The fraction of sp³-hybridized carbons (Fsp3) is 0.842. The van der Waals surface area contributed by atoms with E-state index in [2.05, 4.69) is 21.7 Å². The van der Waals surface area contributed by atoms with E-state index in [-0.39, 0.29) is 18.7 Å². The van der Waals surface area contributed by atoms with E-state index in [0.717, 1.165) is 19.3 Å². The molecule has 25 heavy (non-hydrogen) atoms. The zero-order chi connectivity index (χ0) is 18.9. The minimum atomic E-state index is -0.796. The molecule has 1 amide bonds. The molecule has 0 aromatic rings. The first-order valence-electron chi connectivity index (χ1n) is 9.49.